The molecule has 0 aromatic carbocycles. The van der Waals surface area contributed by atoms with Crippen molar-refractivity contribution in [3.05, 3.63) is 46.7 Å². The topological polar surface area (TPSA) is 94.8 Å². The Morgan fingerprint density at radius 2 is 2.16 bits per heavy atom. The third-order valence-corrected chi connectivity index (χ3v) is 8.28. The second-order valence-corrected chi connectivity index (χ2v) is 10.00. The largest absolute Gasteiger partial charge is 0.481 e. The zero-order chi connectivity index (χ0) is 22.4. The molecular weight excluding hydrogens is 412 g/mol. The van der Waals surface area contributed by atoms with E-state index in [1.165, 1.54) is 4.88 Å². The van der Waals surface area contributed by atoms with E-state index in [9.17, 15) is 19.8 Å². The molecule has 1 aromatic heterocycles. The zero-order valence-corrected chi connectivity index (χ0v) is 19.0. The molecule has 3 rings (SSSR count). The van der Waals surface area contributed by atoms with Gasteiger partial charge >= 0.3 is 5.97 Å². The number of unbranched alkanes of at least 4 members (excludes halogenated alkanes) is 1. The van der Waals surface area contributed by atoms with Gasteiger partial charge in [0.15, 0.2) is 0 Å². The number of aliphatic hydroxyl groups excluding tert-OH is 2. The molecule has 2 fully saturated rings. The minimum absolute atomic E-state index is 0.0700. The van der Waals surface area contributed by atoms with Crippen molar-refractivity contribution < 1.29 is 24.9 Å². The molecule has 5 nitrogen and oxygen atoms in total. The minimum atomic E-state index is -0.799. The van der Waals surface area contributed by atoms with Gasteiger partial charge in [-0.2, -0.15) is 0 Å². The summed E-state index contributed by atoms with van der Waals surface area (Å²) >= 11 is 1.70. The van der Waals surface area contributed by atoms with Gasteiger partial charge in [-0.3, -0.25) is 9.59 Å². The van der Waals surface area contributed by atoms with Crippen molar-refractivity contribution in [1.29, 1.82) is 0 Å². The van der Waals surface area contributed by atoms with Gasteiger partial charge < -0.3 is 15.3 Å². The molecular formula is C25H34O5S. The molecule has 1 aromatic rings. The van der Waals surface area contributed by atoms with E-state index in [2.05, 4.69) is 18.4 Å². The molecule has 2 aliphatic carbocycles. The van der Waals surface area contributed by atoms with Gasteiger partial charge in [0, 0.05) is 35.0 Å². The molecule has 0 amide bonds. The van der Waals surface area contributed by atoms with Gasteiger partial charge in [0.2, 0.25) is 0 Å². The number of carbonyl (C=O) groups is 2. The van der Waals surface area contributed by atoms with Crippen molar-refractivity contribution in [2.24, 2.45) is 17.8 Å². The average molecular weight is 447 g/mol. The number of carbonyl (C=O) groups excluding carboxylic acids is 1. The van der Waals surface area contributed by atoms with E-state index in [0.29, 0.717) is 31.6 Å². The van der Waals surface area contributed by atoms with Gasteiger partial charge in [-0.05, 0) is 55.9 Å². The van der Waals surface area contributed by atoms with Crippen LogP contribution >= 0.6 is 11.3 Å². The van der Waals surface area contributed by atoms with Crippen LogP contribution in [0, 0.1) is 17.8 Å². The first-order valence-corrected chi connectivity index (χ1v) is 12.2. The van der Waals surface area contributed by atoms with Gasteiger partial charge in [0.25, 0.3) is 0 Å². The van der Waals surface area contributed by atoms with Crippen LogP contribution in [0.15, 0.2) is 41.8 Å². The van der Waals surface area contributed by atoms with Crippen LogP contribution in [0.4, 0.5) is 0 Å². The number of allylic oxidation sites excluding steroid dienone is 2. The maximum absolute atomic E-state index is 12.4. The molecule has 0 radical (unpaired) electrons. The maximum Gasteiger partial charge on any atom is 0.303 e. The number of aliphatic carboxylic acids is 1. The lowest BCUT2D eigenvalue weighted by atomic mass is 9.56. The van der Waals surface area contributed by atoms with Crippen molar-refractivity contribution in [1.82, 2.24) is 0 Å². The van der Waals surface area contributed by atoms with Crippen molar-refractivity contribution >= 4 is 23.1 Å². The van der Waals surface area contributed by atoms with E-state index in [4.69, 9.17) is 5.11 Å². The van der Waals surface area contributed by atoms with Crippen LogP contribution in [0.1, 0.15) is 63.2 Å². The highest BCUT2D eigenvalue weighted by Crippen LogP contribution is 2.53. The Balaban J connectivity index is 1.57. The fourth-order valence-electron chi connectivity index (χ4n) is 5.15. The Bertz CT molecular complexity index is 799. The molecule has 1 heterocycles. The monoisotopic (exact) mass is 446 g/mol. The fourth-order valence-corrected chi connectivity index (χ4v) is 6.27. The summed E-state index contributed by atoms with van der Waals surface area (Å²) in [5.74, 6) is -0.785. The lowest BCUT2D eigenvalue weighted by molar-refractivity contribution is -0.137. The van der Waals surface area contributed by atoms with E-state index in [1.54, 1.807) is 11.3 Å². The van der Waals surface area contributed by atoms with Crippen LogP contribution in [-0.2, 0) is 15.0 Å². The average Bonchev–Trinajstić information content (AvgIpc) is 3.33. The first-order chi connectivity index (χ1) is 14.9. The molecule has 2 saturated carbocycles. The van der Waals surface area contributed by atoms with Gasteiger partial charge in [-0.25, -0.2) is 0 Å². The fraction of sp³-hybridized carbons (Fsp3) is 0.600. The number of ketones is 1. The first-order valence-electron chi connectivity index (χ1n) is 11.3. The van der Waals surface area contributed by atoms with E-state index < -0.39 is 18.2 Å². The summed E-state index contributed by atoms with van der Waals surface area (Å²) in [7, 11) is 0. The number of carboxylic acids is 1. The van der Waals surface area contributed by atoms with Crippen LogP contribution < -0.4 is 0 Å². The predicted molar refractivity (Wildman–Crippen MR) is 122 cm³/mol. The number of rotatable bonds is 11. The standard InChI is InChI=1S/C25H34O5S/c1-17-13-14-25(17,23-11-7-15-31-23)22(28)10-6-9-19-18(20(26)16-21(19)27)8-4-2-3-5-12-24(29)30/h2,4,6-7,9,11,15,17-19,21-22,27-28H,3,5,8,10,12-14,16H2,1H3,(H,29,30)/b4-2-,9-6+/t17?,18-,19-,21-,22?,25?/m1/s1. The Kier molecular flexibility index (Phi) is 8.25. The summed E-state index contributed by atoms with van der Waals surface area (Å²) in [6.45, 7) is 2.20. The lowest BCUT2D eigenvalue weighted by Crippen LogP contribution is -2.51. The highest BCUT2D eigenvalue weighted by Gasteiger charge is 2.50. The maximum atomic E-state index is 12.4. The quantitative estimate of drug-likeness (QED) is 0.344. The van der Waals surface area contributed by atoms with E-state index in [1.807, 2.05) is 30.4 Å². The molecule has 2 aliphatic rings. The highest BCUT2D eigenvalue weighted by atomic mass is 32.1. The molecule has 170 valence electrons. The third kappa shape index (κ3) is 5.36. The molecule has 3 N–H and O–H groups in total. The van der Waals surface area contributed by atoms with Gasteiger partial charge in [-0.15, -0.1) is 11.3 Å². The molecule has 0 bridgehead atoms. The molecule has 31 heavy (non-hydrogen) atoms. The summed E-state index contributed by atoms with van der Waals surface area (Å²) in [4.78, 5) is 24.2. The lowest BCUT2D eigenvalue weighted by Gasteiger charge is -2.50. The second kappa shape index (κ2) is 10.7. The Hall–Kier alpha value is -1.76. The van der Waals surface area contributed by atoms with Gasteiger partial charge in [-0.1, -0.05) is 37.3 Å². The molecule has 6 atom stereocenters. The number of aliphatic hydroxyl groups is 2. The van der Waals surface area contributed by atoms with Crippen molar-refractivity contribution in [3.63, 3.8) is 0 Å². The van der Waals surface area contributed by atoms with E-state index in [0.717, 1.165) is 12.8 Å². The molecule has 0 spiro atoms. The van der Waals surface area contributed by atoms with Crippen LogP contribution in [0.5, 0.6) is 0 Å². The summed E-state index contributed by atoms with van der Waals surface area (Å²) in [6, 6.07) is 4.15. The Labute approximate surface area is 188 Å². The summed E-state index contributed by atoms with van der Waals surface area (Å²) in [6.07, 6.45) is 11.3. The third-order valence-electron chi connectivity index (χ3n) is 7.21. The number of carboxylic acid groups (broad SMARTS) is 1. The smallest absolute Gasteiger partial charge is 0.303 e. The first kappa shape index (κ1) is 23.9. The van der Waals surface area contributed by atoms with Gasteiger partial charge in [0.05, 0.1) is 12.2 Å². The zero-order valence-electron chi connectivity index (χ0n) is 18.2. The van der Waals surface area contributed by atoms with Crippen LogP contribution in [-0.4, -0.2) is 39.3 Å². The molecule has 6 heteroatoms. The highest BCUT2D eigenvalue weighted by molar-refractivity contribution is 7.10. The number of thiophene rings is 1. The SMILES string of the molecule is CC1CCC1(c1cccs1)C(O)C/C=C/[C@H]1[C@H](O)CC(=O)[C@@H]1C/C=C\CCCC(=O)O. The Morgan fingerprint density at radius 1 is 1.35 bits per heavy atom. The number of Topliss-reactive ketones (excluding diaryl/α,β-unsaturated/α-hetero) is 1. The molecule has 3 unspecified atom stereocenters. The van der Waals surface area contributed by atoms with Gasteiger partial charge in [0.1, 0.15) is 5.78 Å². The summed E-state index contributed by atoms with van der Waals surface area (Å²) in [5, 5.41) is 32.2. The van der Waals surface area contributed by atoms with Crippen LogP contribution in [0.3, 0.4) is 0 Å². The molecule has 0 saturated heterocycles. The van der Waals surface area contributed by atoms with E-state index in [-0.39, 0.29) is 35.9 Å². The van der Waals surface area contributed by atoms with Crippen molar-refractivity contribution in [2.45, 2.75) is 75.9 Å². The Morgan fingerprint density at radius 3 is 2.77 bits per heavy atom. The summed E-state index contributed by atoms with van der Waals surface area (Å²) < 4.78 is 0. The van der Waals surface area contributed by atoms with Crippen molar-refractivity contribution in [3.8, 4) is 0 Å². The number of hydrogen-bond acceptors (Lipinski definition) is 5. The normalized spacial score (nSPS) is 32.0. The summed E-state index contributed by atoms with van der Waals surface area (Å²) in [5.41, 5.74) is -0.180. The second-order valence-electron chi connectivity index (χ2n) is 9.05. The van der Waals surface area contributed by atoms with E-state index >= 15 is 0 Å². The minimum Gasteiger partial charge on any atom is -0.481 e. The van der Waals surface area contributed by atoms with Crippen LogP contribution in [0.25, 0.3) is 0 Å². The van der Waals surface area contributed by atoms with Crippen molar-refractivity contribution in [2.75, 3.05) is 0 Å². The van der Waals surface area contributed by atoms with Crippen LogP contribution in [0.2, 0.25) is 0 Å². The predicted octanol–water partition coefficient (Wildman–Crippen LogP) is 4.49. The number of hydrogen-bond donors (Lipinski definition) is 3. The molecule has 0 aliphatic heterocycles.